The van der Waals surface area contributed by atoms with E-state index < -0.39 is 0 Å². The number of rotatable bonds is 6. The van der Waals surface area contributed by atoms with Gasteiger partial charge in [0.05, 0.1) is 27.5 Å². The Kier molecular flexibility index (Phi) is 5.16. The van der Waals surface area contributed by atoms with Gasteiger partial charge in [0.2, 0.25) is 5.75 Å². The Morgan fingerprint density at radius 3 is 1.86 bits per heavy atom. The van der Waals surface area contributed by atoms with Crippen molar-refractivity contribution < 1.29 is 18.7 Å². The first-order valence-electron chi connectivity index (χ1n) is 9.01. The highest BCUT2D eigenvalue weighted by Gasteiger charge is 2.19. The Labute approximate surface area is 168 Å². The van der Waals surface area contributed by atoms with E-state index >= 15 is 0 Å². The van der Waals surface area contributed by atoms with E-state index in [-0.39, 0.29) is 0 Å². The van der Waals surface area contributed by atoms with Gasteiger partial charge in [-0.2, -0.15) is 0 Å². The molecule has 0 atom stereocenters. The second kappa shape index (κ2) is 8.06. The summed E-state index contributed by atoms with van der Waals surface area (Å²) in [5.41, 5.74) is 4.88. The molecule has 6 nitrogen and oxygen atoms in total. The number of ether oxygens (including phenoxy) is 3. The van der Waals surface area contributed by atoms with Gasteiger partial charge in [-0.3, -0.25) is 4.98 Å². The van der Waals surface area contributed by atoms with Crippen LogP contribution in [-0.4, -0.2) is 31.5 Å². The Bertz CT molecular complexity index is 1080. The molecule has 0 unspecified atom stereocenters. The van der Waals surface area contributed by atoms with Crippen molar-refractivity contribution in [3.8, 4) is 50.8 Å². The molecule has 0 spiro atoms. The van der Waals surface area contributed by atoms with Crippen LogP contribution in [0.1, 0.15) is 0 Å². The van der Waals surface area contributed by atoms with Crippen LogP contribution in [0.3, 0.4) is 0 Å². The fraction of sp³-hybridized carbons (Fsp3) is 0.130. The quantitative estimate of drug-likeness (QED) is 0.458. The molecule has 0 fully saturated rings. The highest BCUT2D eigenvalue weighted by atomic mass is 16.5. The van der Waals surface area contributed by atoms with Crippen molar-refractivity contribution in [3.63, 3.8) is 0 Å². The zero-order valence-corrected chi connectivity index (χ0v) is 16.4. The maximum atomic E-state index is 5.58. The average Bonchev–Trinajstić information content (AvgIpc) is 3.28. The summed E-state index contributed by atoms with van der Waals surface area (Å²) in [5.74, 6) is 2.26. The predicted molar refractivity (Wildman–Crippen MR) is 110 cm³/mol. The molecule has 2 heterocycles. The van der Waals surface area contributed by atoms with Crippen LogP contribution in [0.25, 0.3) is 33.6 Å². The Morgan fingerprint density at radius 1 is 0.690 bits per heavy atom. The third-order valence-corrected chi connectivity index (χ3v) is 4.71. The molecule has 6 heteroatoms. The van der Waals surface area contributed by atoms with Crippen molar-refractivity contribution in [2.24, 2.45) is 0 Å². The number of benzene rings is 2. The van der Waals surface area contributed by atoms with Crippen LogP contribution < -0.4 is 14.2 Å². The van der Waals surface area contributed by atoms with E-state index in [9.17, 15) is 0 Å². The van der Waals surface area contributed by atoms with Crippen LogP contribution >= 0.6 is 0 Å². The molecule has 0 bridgehead atoms. The molecule has 0 saturated heterocycles. The maximum Gasteiger partial charge on any atom is 0.203 e. The molecule has 0 amide bonds. The minimum absolute atomic E-state index is 0.529. The Morgan fingerprint density at radius 2 is 1.28 bits per heavy atom. The number of hydrogen-bond donors (Lipinski definition) is 0. The number of aromatic nitrogens is 2. The first-order chi connectivity index (χ1) is 14.2. The lowest BCUT2D eigenvalue weighted by atomic mass is 9.99. The topological polar surface area (TPSA) is 66.6 Å². The third kappa shape index (κ3) is 3.52. The minimum Gasteiger partial charge on any atom is -0.493 e. The fourth-order valence-corrected chi connectivity index (χ4v) is 3.25. The number of pyridine rings is 1. The van der Waals surface area contributed by atoms with Crippen LogP contribution in [0.15, 0.2) is 71.6 Å². The van der Waals surface area contributed by atoms with E-state index in [1.54, 1.807) is 39.9 Å². The lowest BCUT2D eigenvalue weighted by Gasteiger charge is -2.13. The summed E-state index contributed by atoms with van der Waals surface area (Å²) in [6.07, 6.45) is 5.28. The molecule has 4 rings (SSSR count). The molecule has 0 aliphatic rings. The van der Waals surface area contributed by atoms with E-state index in [0.29, 0.717) is 23.0 Å². The molecular weight excluding hydrogens is 368 g/mol. The summed E-state index contributed by atoms with van der Waals surface area (Å²) in [6.45, 7) is 0. The zero-order chi connectivity index (χ0) is 20.2. The molecule has 0 N–H and O–H groups in total. The standard InChI is InChI=1S/C23H20N2O4/c1-26-20-12-18(13-21(27-2)23(20)28-3)22-19(14-25-29-22)17-6-4-15(5-7-17)16-8-10-24-11-9-16/h4-14H,1-3H3. The van der Waals surface area contributed by atoms with E-state index in [1.807, 2.05) is 36.4 Å². The molecule has 146 valence electrons. The van der Waals surface area contributed by atoms with Crippen molar-refractivity contribution in [1.29, 1.82) is 0 Å². The van der Waals surface area contributed by atoms with Gasteiger partial charge in [-0.05, 0) is 41.0 Å². The highest BCUT2D eigenvalue weighted by Crippen LogP contribution is 2.43. The third-order valence-electron chi connectivity index (χ3n) is 4.71. The monoisotopic (exact) mass is 388 g/mol. The predicted octanol–water partition coefficient (Wildman–Crippen LogP) is 5.10. The van der Waals surface area contributed by atoms with Gasteiger partial charge >= 0.3 is 0 Å². The summed E-state index contributed by atoms with van der Waals surface area (Å²) in [6, 6.07) is 15.9. The van der Waals surface area contributed by atoms with E-state index in [2.05, 4.69) is 22.3 Å². The largest absolute Gasteiger partial charge is 0.493 e. The lowest BCUT2D eigenvalue weighted by molar-refractivity contribution is 0.324. The van der Waals surface area contributed by atoms with Gasteiger partial charge < -0.3 is 18.7 Å². The van der Waals surface area contributed by atoms with Gasteiger partial charge in [-0.25, -0.2) is 0 Å². The SMILES string of the molecule is COc1cc(-c2oncc2-c2ccc(-c3ccncc3)cc2)cc(OC)c1OC. The second-order valence-electron chi connectivity index (χ2n) is 6.30. The first kappa shape index (κ1) is 18.6. The average molecular weight is 388 g/mol. The van der Waals surface area contributed by atoms with Crippen LogP contribution in [-0.2, 0) is 0 Å². The molecule has 0 aliphatic heterocycles. The second-order valence-corrected chi connectivity index (χ2v) is 6.30. The van der Waals surface area contributed by atoms with Crippen LogP contribution in [0.2, 0.25) is 0 Å². The van der Waals surface area contributed by atoms with Crippen LogP contribution in [0.5, 0.6) is 17.2 Å². The number of nitrogens with zero attached hydrogens (tertiary/aromatic N) is 2. The summed E-state index contributed by atoms with van der Waals surface area (Å²) in [5, 5.41) is 4.01. The van der Waals surface area contributed by atoms with Crippen molar-refractivity contribution in [1.82, 2.24) is 10.1 Å². The summed E-state index contributed by atoms with van der Waals surface area (Å²) < 4.78 is 21.9. The maximum absolute atomic E-state index is 5.58. The van der Waals surface area contributed by atoms with E-state index in [1.165, 1.54) is 0 Å². The normalized spacial score (nSPS) is 10.6. The zero-order valence-electron chi connectivity index (χ0n) is 16.4. The van der Waals surface area contributed by atoms with E-state index in [4.69, 9.17) is 18.7 Å². The molecule has 0 radical (unpaired) electrons. The van der Waals surface area contributed by atoms with E-state index in [0.717, 1.165) is 27.8 Å². The fourth-order valence-electron chi connectivity index (χ4n) is 3.25. The minimum atomic E-state index is 0.529. The van der Waals surface area contributed by atoms with Gasteiger partial charge in [0.1, 0.15) is 0 Å². The highest BCUT2D eigenvalue weighted by molar-refractivity contribution is 5.82. The molecule has 2 aromatic carbocycles. The Hall–Kier alpha value is -3.80. The van der Waals surface area contributed by atoms with Crippen molar-refractivity contribution >= 4 is 0 Å². The van der Waals surface area contributed by atoms with Crippen molar-refractivity contribution in [3.05, 3.63) is 67.1 Å². The van der Waals surface area contributed by atoms with Gasteiger partial charge in [0, 0.05) is 23.5 Å². The van der Waals surface area contributed by atoms with Gasteiger partial charge in [-0.15, -0.1) is 0 Å². The molecule has 29 heavy (non-hydrogen) atoms. The molecular formula is C23H20N2O4. The summed E-state index contributed by atoms with van der Waals surface area (Å²) in [4.78, 5) is 4.06. The number of methoxy groups -OCH3 is 3. The molecule has 0 aliphatic carbocycles. The number of hydrogen-bond acceptors (Lipinski definition) is 6. The van der Waals surface area contributed by atoms with Gasteiger partial charge in [0.25, 0.3) is 0 Å². The van der Waals surface area contributed by atoms with Crippen molar-refractivity contribution in [2.75, 3.05) is 21.3 Å². The Balaban J connectivity index is 1.74. The van der Waals surface area contributed by atoms with Crippen molar-refractivity contribution in [2.45, 2.75) is 0 Å². The smallest absolute Gasteiger partial charge is 0.203 e. The summed E-state index contributed by atoms with van der Waals surface area (Å²) in [7, 11) is 4.74. The van der Waals surface area contributed by atoms with Gasteiger partial charge in [-0.1, -0.05) is 29.4 Å². The molecule has 0 saturated carbocycles. The molecule has 4 aromatic rings. The lowest BCUT2D eigenvalue weighted by Crippen LogP contribution is -1.95. The van der Waals surface area contributed by atoms with Gasteiger partial charge in [0.15, 0.2) is 17.3 Å². The molecule has 2 aromatic heterocycles. The van der Waals surface area contributed by atoms with Crippen LogP contribution in [0, 0.1) is 0 Å². The van der Waals surface area contributed by atoms with Crippen LogP contribution in [0.4, 0.5) is 0 Å². The summed E-state index contributed by atoms with van der Waals surface area (Å²) >= 11 is 0. The first-order valence-corrected chi connectivity index (χ1v) is 9.01.